The Bertz CT molecular complexity index is 475. The van der Waals surface area contributed by atoms with Crippen molar-refractivity contribution in [2.45, 2.75) is 70.4 Å². The summed E-state index contributed by atoms with van der Waals surface area (Å²) in [6.07, 6.45) is 10.8. The molecular weight excluding hydrogens is 325 g/mol. The summed E-state index contributed by atoms with van der Waals surface area (Å²) < 4.78 is 18.6. The molecule has 0 bridgehead atoms. The van der Waals surface area contributed by atoms with Crippen molar-refractivity contribution < 1.29 is 9.13 Å². The molecule has 0 N–H and O–H groups in total. The fourth-order valence-electron chi connectivity index (χ4n) is 4.38. The van der Waals surface area contributed by atoms with Crippen LogP contribution in [0, 0.1) is 11.7 Å². The normalized spacial score (nSPS) is 25.9. The first-order valence-corrected chi connectivity index (χ1v) is 9.36. The van der Waals surface area contributed by atoms with Gasteiger partial charge in [-0.25, -0.2) is 4.39 Å². The van der Waals surface area contributed by atoms with E-state index in [1.54, 1.807) is 12.1 Å². The molecule has 136 valence electrons. The SMILES string of the molecule is CC1CC(CCOc2ccc(F)cc2)CCN1C1CCCCC1.Cl. The fourth-order valence-corrected chi connectivity index (χ4v) is 4.38. The number of rotatable bonds is 5. The van der Waals surface area contributed by atoms with Crippen molar-refractivity contribution in [1.29, 1.82) is 0 Å². The molecule has 2 fully saturated rings. The highest BCUT2D eigenvalue weighted by Crippen LogP contribution is 2.31. The van der Waals surface area contributed by atoms with Crippen LogP contribution in [0.5, 0.6) is 5.75 Å². The van der Waals surface area contributed by atoms with Gasteiger partial charge in [-0.3, -0.25) is 4.90 Å². The number of hydrogen-bond donors (Lipinski definition) is 0. The molecule has 1 saturated carbocycles. The Labute approximate surface area is 152 Å². The predicted molar refractivity (Wildman–Crippen MR) is 99.5 cm³/mol. The minimum Gasteiger partial charge on any atom is -0.494 e. The van der Waals surface area contributed by atoms with Gasteiger partial charge in [-0.1, -0.05) is 19.3 Å². The maximum Gasteiger partial charge on any atom is 0.123 e. The van der Waals surface area contributed by atoms with Crippen LogP contribution in [0.15, 0.2) is 24.3 Å². The molecule has 1 aromatic rings. The van der Waals surface area contributed by atoms with Gasteiger partial charge in [0.1, 0.15) is 11.6 Å². The van der Waals surface area contributed by atoms with E-state index >= 15 is 0 Å². The van der Waals surface area contributed by atoms with Gasteiger partial charge in [-0.2, -0.15) is 0 Å². The van der Waals surface area contributed by atoms with Crippen LogP contribution in [-0.2, 0) is 0 Å². The molecule has 0 aromatic heterocycles. The van der Waals surface area contributed by atoms with Crippen molar-refractivity contribution in [3.05, 3.63) is 30.1 Å². The van der Waals surface area contributed by atoms with Gasteiger partial charge in [0.05, 0.1) is 6.61 Å². The van der Waals surface area contributed by atoms with E-state index in [1.165, 1.54) is 63.6 Å². The minimum atomic E-state index is -0.207. The molecule has 0 amide bonds. The Hall–Kier alpha value is -0.800. The zero-order chi connectivity index (χ0) is 16.1. The summed E-state index contributed by atoms with van der Waals surface area (Å²) in [6.45, 7) is 4.40. The topological polar surface area (TPSA) is 12.5 Å². The zero-order valence-electron chi connectivity index (χ0n) is 14.8. The molecular formula is C20H31ClFNO. The van der Waals surface area contributed by atoms with E-state index in [9.17, 15) is 4.39 Å². The minimum absolute atomic E-state index is 0. The smallest absolute Gasteiger partial charge is 0.123 e. The van der Waals surface area contributed by atoms with E-state index in [2.05, 4.69) is 11.8 Å². The summed E-state index contributed by atoms with van der Waals surface area (Å²) in [4.78, 5) is 2.77. The van der Waals surface area contributed by atoms with Crippen LogP contribution in [0.3, 0.4) is 0 Å². The quantitative estimate of drug-likeness (QED) is 0.696. The van der Waals surface area contributed by atoms with Gasteiger partial charge in [0.15, 0.2) is 0 Å². The average molecular weight is 356 g/mol. The molecule has 0 radical (unpaired) electrons. The van der Waals surface area contributed by atoms with Gasteiger partial charge >= 0.3 is 0 Å². The largest absolute Gasteiger partial charge is 0.494 e. The number of likely N-dealkylation sites (tertiary alicyclic amines) is 1. The third-order valence-electron chi connectivity index (χ3n) is 5.69. The summed E-state index contributed by atoms with van der Waals surface area (Å²) in [5, 5.41) is 0. The van der Waals surface area contributed by atoms with Crippen molar-refractivity contribution in [1.82, 2.24) is 4.90 Å². The molecule has 2 unspecified atom stereocenters. The standard InChI is InChI=1S/C20H30FNO.ClH/c1-16-15-17(11-13-22(16)19-5-3-2-4-6-19)12-14-23-20-9-7-18(21)8-10-20;/h7-10,16-17,19H,2-6,11-15H2,1H3;1H. The van der Waals surface area contributed by atoms with Crippen molar-refractivity contribution in [3.8, 4) is 5.75 Å². The summed E-state index contributed by atoms with van der Waals surface area (Å²) >= 11 is 0. The van der Waals surface area contributed by atoms with Crippen molar-refractivity contribution in [2.24, 2.45) is 5.92 Å². The fraction of sp³-hybridized carbons (Fsp3) is 0.700. The zero-order valence-corrected chi connectivity index (χ0v) is 15.6. The molecule has 1 saturated heterocycles. The van der Waals surface area contributed by atoms with Gasteiger partial charge in [0.2, 0.25) is 0 Å². The first-order valence-electron chi connectivity index (χ1n) is 9.36. The van der Waals surface area contributed by atoms with E-state index in [4.69, 9.17) is 4.74 Å². The number of benzene rings is 1. The van der Waals surface area contributed by atoms with Crippen LogP contribution in [-0.4, -0.2) is 30.1 Å². The second-order valence-corrected chi connectivity index (χ2v) is 7.36. The molecule has 24 heavy (non-hydrogen) atoms. The first kappa shape index (κ1) is 19.5. The van der Waals surface area contributed by atoms with E-state index in [0.717, 1.165) is 30.7 Å². The van der Waals surface area contributed by atoms with Gasteiger partial charge in [-0.05, 0) is 75.8 Å². The lowest BCUT2D eigenvalue weighted by atomic mass is 9.85. The van der Waals surface area contributed by atoms with E-state index in [-0.39, 0.29) is 18.2 Å². The molecule has 1 heterocycles. The Morgan fingerprint density at radius 1 is 1.08 bits per heavy atom. The Morgan fingerprint density at radius 3 is 2.46 bits per heavy atom. The van der Waals surface area contributed by atoms with Crippen LogP contribution < -0.4 is 4.74 Å². The first-order chi connectivity index (χ1) is 11.2. The van der Waals surface area contributed by atoms with E-state index < -0.39 is 0 Å². The molecule has 1 aliphatic carbocycles. The van der Waals surface area contributed by atoms with Gasteiger partial charge in [0, 0.05) is 12.1 Å². The van der Waals surface area contributed by atoms with Crippen LogP contribution in [0.1, 0.15) is 58.3 Å². The highest BCUT2D eigenvalue weighted by atomic mass is 35.5. The average Bonchev–Trinajstić information content (AvgIpc) is 2.58. The maximum absolute atomic E-state index is 12.9. The molecule has 1 aliphatic heterocycles. The highest BCUT2D eigenvalue weighted by molar-refractivity contribution is 5.85. The number of ether oxygens (including phenoxy) is 1. The van der Waals surface area contributed by atoms with Crippen LogP contribution >= 0.6 is 12.4 Å². The van der Waals surface area contributed by atoms with Gasteiger partial charge in [0.25, 0.3) is 0 Å². The molecule has 2 nitrogen and oxygen atoms in total. The lowest BCUT2D eigenvalue weighted by Gasteiger charge is -2.44. The molecule has 4 heteroatoms. The molecule has 2 atom stereocenters. The second kappa shape index (κ2) is 9.62. The maximum atomic E-state index is 12.9. The number of halogens is 2. The van der Waals surface area contributed by atoms with Gasteiger partial charge in [-0.15, -0.1) is 12.4 Å². The summed E-state index contributed by atoms with van der Waals surface area (Å²) in [5.74, 6) is 1.34. The summed E-state index contributed by atoms with van der Waals surface area (Å²) in [7, 11) is 0. The third kappa shape index (κ3) is 5.35. The number of piperidine rings is 1. The molecule has 3 rings (SSSR count). The second-order valence-electron chi connectivity index (χ2n) is 7.36. The molecule has 0 spiro atoms. The van der Waals surface area contributed by atoms with Crippen molar-refractivity contribution in [3.63, 3.8) is 0 Å². The van der Waals surface area contributed by atoms with Crippen LogP contribution in [0.4, 0.5) is 4.39 Å². The summed E-state index contributed by atoms with van der Waals surface area (Å²) in [5.41, 5.74) is 0. The lowest BCUT2D eigenvalue weighted by molar-refractivity contribution is 0.0531. The highest BCUT2D eigenvalue weighted by Gasteiger charge is 2.30. The van der Waals surface area contributed by atoms with Crippen LogP contribution in [0.25, 0.3) is 0 Å². The third-order valence-corrected chi connectivity index (χ3v) is 5.69. The molecule has 1 aromatic carbocycles. The van der Waals surface area contributed by atoms with E-state index in [1.807, 2.05) is 0 Å². The molecule has 2 aliphatic rings. The van der Waals surface area contributed by atoms with Crippen LogP contribution in [0.2, 0.25) is 0 Å². The Balaban J connectivity index is 0.00000208. The number of nitrogens with zero attached hydrogens (tertiary/aromatic N) is 1. The Morgan fingerprint density at radius 2 is 1.79 bits per heavy atom. The predicted octanol–water partition coefficient (Wildman–Crippen LogP) is 5.45. The number of hydrogen-bond acceptors (Lipinski definition) is 2. The van der Waals surface area contributed by atoms with Crippen molar-refractivity contribution >= 4 is 12.4 Å². The monoisotopic (exact) mass is 355 g/mol. The van der Waals surface area contributed by atoms with Gasteiger partial charge < -0.3 is 4.74 Å². The summed E-state index contributed by atoms with van der Waals surface area (Å²) in [6, 6.07) is 7.89. The lowest BCUT2D eigenvalue weighted by Crippen LogP contribution is -2.47. The van der Waals surface area contributed by atoms with Crippen molar-refractivity contribution in [2.75, 3.05) is 13.2 Å². The Kier molecular flexibility index (Phi) is 7.83. The van der Waals surface area contributed by atoms with E-state index in [0.29, 0.717) is 6.04 Å².